The molecule has 7 N–H and O–H groups in total. The molecule has 1 aromatic rings. The van der Waals surface area contributed by atoms with E-state index < -0.39 is 120 Å². The largest absolute Gasteiger partial charge is 0.467 e. The Kier molecular flexibility index (Phi) is 23.4. The molecular formula is C49H80N8O11. The maximum Gasteiger partial charge on any atom is 0.408 e. The van der Waals surface area contributed by atoms with Crippen molar-refractivity contribution in [2.24, 2.45) is 29.6 Å². The molecule has 1 aliphatic rings. The van der Waals surface area contributed by atoms with Gasteiger partial charge in [0.25, 0.3) is 0 Å². The topological polar surface area (TPSA) is 260 Å². The lowest BCUT2D eigenvalue weighted by Gasteiger charge is -2.32. The average Bonchev–Trinajstić information content (AvgIpc) is 3.73. The molecule has 2 rings (SSSR count). The van der Waals surface area contributed by atoms with Crippen molar-refractivity contribution in [3.63, 3.8) is 0 Å². The minimum atomic E-state index is -1.13. The fraction of sp³-hybridized carbons (Fsp3) is 0.694. The number of hydrogen-bond donors (Lipinski definition) is 7. The van der Waals surface area contributed by atoms with Gasteiger partial charge in [-0.1, -0.05) is 99.6 Å². The average molecular weight is 957 g/mol. The second-order valence-corrected chi connectivity index (χ2v) is 20.5. The van der Waals surface area contributed by atoms with E-state index in [9.17, 15) is 43.2 Å². The molecule has 1 fully saturated rings. The van der Waals surface area contributed by atoms with Crippen LogP contribution in [0.3, 0.4) is 0 Å². The van der Waals surface area contributed by atoms with Crippen molar-refractivity contribution in [3.8, 4) is 0 Å². The van der Waals surface area contributed by atoms with Crippen LogP contribution in [0.15, 0.2) is 30.3 Å². The summed E-state index contributed by atoms with van der Waals surface area (Å²) in [5, 5.41) is 18.9. The Morgan fingerprint density at radius 2 is 1.13 bits per heavy atom. The lowest BCUT2D eigenvalue weighted by Crippen LogP contribution is -2.60. The number of alkyl carbamates (subject to hydrolysis) is 1. The summed E-state index contributed by atoms with van der Waals surface area (Å²) in [7, 11) is 1.22. The molecule has 0 aromatic heterocycles. The normalized spacial score (nSPS) is 16.5. The van der Waals surface area contributed by atoms with Crippen molar-refractivity contribution in [2.45, 2.75) is 170 Å². The van der Waals surface area contributed by atoms with Gasteiger partial charge >= 0.3 is 12.1 Å². The first-order chi connectivity index (χ1) is 31.6. The molecule has 0 saturated carbocycles. The van der Waals surface area contributed by atoms with Crippen LogP contribution in [0.2, 0.25) is 0 Å². The zero-order chi connectivity index (χ0) is 51.6. The van der Waals surface area contributed by atoms with Gasteiger partial charge in [-0.05, 0) is 81.6 Å². The van der Waals surface area contributed by atoms with Gasteiger partial charge in [-0.25, -0.2) is 9.59 Å². The number of esters is 1. The van der Waals surface area contributed by atoms with Crippen molar-refractivity contribution in [3.05, 3.63) is 35.9 Å². The van der Waals surface area contributed by atoms with Gasteiger partial charge in [0.1, 0.15) is 47.9 Å². The highest BCUT2D eigenvalue weighted by Gasteiger charge is 2.41. The van der Waals surface area contributed by atoms with Gasteiger partial charge in [0.05, 0.1) is 13.7 Å². The SMILES string of the molecule is COC(=O)[C@@H](NC(=O)[C@H](Cc1ccccc1)NC(=O)[C@H](CC(C)C)NC(=O)CNC(=O)[C@H]1CCCN1C(=O)[C@@H](NC(=O)[C@@H](NC(=O)[C@H](CC(C)C)NC(=O)OC(C)(C)C)C(C)C)C(C)C)C(C)C. The van der Waals surface area contributed by atoms with Crippen molar-refractivity contribution in [1.29, 1.82) is 0 Å². The number of amides is 8. The number of carbonyl (C=O) groups excluding carboxylic acids is 9. The molecule has 1 aromatic carbocycles. The van der Waals surface area contributed by atoms with Crippen LogP contribution in [0.5, 0.6) is 0 Å². The van der Waals surface area contributed by atoms with Crippen LogP contribution in [-0.2, 0) is 54.3 Å². The molecule has 8 amide bonds. The van der Waals surface area contributed by atoms with Crippen molar-refractivity contribution in [1.82, 2.24) is 42.1 Å². The van der Waals surface area contributed by atoms with Gasteiger partial charge in [-0.15, -0.1) is 0 Å². The molecule has 1 saturated heterocycles. The molecule has 382 valence electrons. The Bertz CT molecular complexity index is 1880. The van der Waals surface area contributed by atoms with E-state index in [0.717, 1.165) is 5.56 Å². The van der Waals surface area contributed by atoms with Crippen LogP contribution in [-0.4, -0.2) is 126 Å². The number of carbonyl (C=O) groups is 9. The van der Waals surface area contributed by atoms with E-state index in [1.165, 1.54) is 12.0 Å². The molecule has 19 heteroatoms. The minimum Gasteiger partial charge on any atom is -0.467 e. The Morgan fingerprint density at radius 1 is 0.632 bits per heavy atom. The molecule has 0 aliphatic carbocycles. The van der Waals surface area contributed by atoms with Gasteiger partial charge in [-0.3, -0.25) is 33.6 Å². The second kappa shape index (κ2) is 27.3. The molecule has 68 heavy (non-hydrogen) atoms. The number of ether oxygens (including phenoxy) is 2. The summed E-state index contributed by atoms with van der Waals surface area (Å²) in [6, 6.07) is 1.67. The Hall–Kier alpha value is -5.75. The highest BCUT2D eigenvalue weighted by atomic mass is 16.6. The van der Waals surface area contributed by atoms with Crippen LogP contribution >= 0.6 is 0 Å². The molecule has 0 spiro atoms. The predicted molar refractivity (Wildman–Crippen MR) is 256 cm³/mol. The van der Waals surface area contributed by atoms with Crippen molar-refractivity contribution in [2.75, 3.05) is 20.2 Å². The summed E-state index contributed by atoms with van der Waals surface area (Å²) in [6.45, 7) is 22.8. The molecule has 19 nitrogen and oxygen atoms in total. The second-order valence-electron chi connectivity index (χ2n) is 20.5. The van der Waals surface area contributed by atoms with Crippen LogP contribution in [0.4, 0.5) is 4.79 Å². The summed E-state index contributed by atoms with van der Waals surface area (Å²) in [5.74, 6) is -6.14. The van der Waals surface area contributed by atoms with E-state index in [2.05, 4.69) is 37.2 Å². The maximum atomic E-state index is 14.2. The highest BCUT2D eigenvalue weighted by molar-refractivity contribution is 5.97. The predicted octanol–water partition coefficient (Wildman–Crippen LogP) is 2.89. The monoisotopic (exact) mass is 957 g/mol. The Labute approximate surface area is 402 Å². The quantitative estimate of drug-likeness (QED) is 0.0742. The number of methoxy groups -OCH3 is 1. The molecule has 1 aliphatic heterocycles. The first kappa shape index (κ1) is 58.4. The number of nitrogens with zero attached hydrogens (tertiary/aromatic N) is 1. The van der Waals surface area contributed by atoms with Crippen LogP contribution in [0.25, 0.3) is 0 Å². The number of rotatable bonds is 24. The summed E-state index contributed by atoms with van der Waals surface area (Å²) < 4.78 is 10.2. The van der Waals surface area contributed by atoms with Crippen LogP contribution < -0.4 is 37.2 Å². The Balaban J connectivity index is 2.19. The third-order valence-electron chi connectivity index (χ3n) is 11.1. The first-order valence-electron chi connectivity index (χ1n) is 23.9. The zero-order valence-corrected chi connectivity index (χ0v) is 42.7. The van der Waals surface area contributed by atoms with E-state index in [-0.39, 0.29) is 43.6 Å². The van der Waals surface area contributed by atoms with Gasteiger partial charge < -0.3 is 51.6 Å². The summed E-state index contributed by atoms with van der Waals surface area (Å²) >= 11 is 0. The smallest absolute Gasteiger partial charge is 0.408 e. The maximum absolute atomic E-state index is 14.2. The van der Waals surface area contributed by atoms with E-state index in [0.29, 0.717) is 12.8 Å². The highest BCUT2D eigenvalue weighted by Crippen LogP contribution is 2.21. The summed E-state index contributed by atoms with van der Waals surface area (Å²) in [4.78, 5) is 123. The fourth-order valence-electron chi connectivity index (χ4n) is 7.62. The summed E-state index contributed by atoms with van der Waals surface area (Å²) in [5.41, 5.74) is -0.0572. The molecule has 1 heterocycles. The molecule has 0 radical (unpaired) electrons. The first-order valence-corrected chi connectivity index (χ1v) is 23.9. The van der Waals surface area contributed by atoms with E-state index in [1.807, 2.05) is 33.8 Å². The van der Waals surface area contributed by atoms with Crippen molar-refractivity contribution < 1.29 is 52.6 Å². The molecule has 0 unspecified atom stereocenters. The molecular weight excluding hydrogens is 877 g/mol. The van der Waals surface area contributed by atoms with Gasteiger partial charge in [0.2, 0.25) is 41.4 Å². The number of benzene rings is 1. The van der Waals surface area contributed by atoms with Crippen molar-refractivity contribution >= 4 is 53.4 Å². The lowest BCUT2D eigenvalue weighted by atomic mass is 9.98. The van der Waals surface area contributed by atoms with Gasteiger partial charge in [0, 0.05) is 13.0 Å². The lowest BCUT2D eigenvalue weighted by molar-refractivity contribution is -0.146. The van der Waals surface area contributed by atoms with Gasteiger partial charge in [0.15, 0.2) is 0 Å². The standard InChI is InChI=1S/C49H80N8O11/c1-27(2)23-33(41(59)52-35(25-32-19-16-15-17-20-32)43(61)56-40(31(9)10)47(65)67-14)51-37(58)26-50-44(62)36-21-18-22-57(36)46(64)39(30(7)8)55-45(63)38(29(5)6)54-42(60)34(24-28(3)4)53-48(66)68-49(11,12)13/h15-17,19-20,27-31,33-36,38-40H,18,21-26H2,1-14H3,(H,50,62)(H,51,58)(H,52,59)(H,53,66)(H,54,60)(H,55,63)(H,56,61)/t33-,34-,35-,36+,38-,39-,40-/m0/s1. The van der Waals surface area contributed by atoms with Crippen LogP contribution in [0, 0.1) is 29.6 Å². The fourth-order valence-corrected chi connectivity index (χ4v) is 7.62. The van der Waals surface area contributed by atoms with Gasteiger partial charge in [-0.2, -0.15) is 0 Å². The Morgan fingerprint density at radius 3 is 1.65 bits per heavy atom. The zero-order valence-electron chi connectivity index (χ0n) is 42.7. The summed E-state index contributed by atoms with van der Waals surface area (Å²) in [6.07, 6.45) is 0.549. The van der Waals surface area contributed by atoms with E-state index in [1.54, 1.807) is 86.6 Å². The van der Waals surface area contributed by atoms with E-state index >= 15 is 0 Å². The third-order valence-corrected chi connectivity index (χ3v) is 11.1. The number of nitrogens with one attached hydrogen (secondary N) is 7. The van der Waals surface area contributed by atoms with E-state index in [4.69, 9.17) is 9.47 Å². The molecule has 7 atom stereocenters. The third kappa shape index (κ3) is 19.5. The number of hydrogen-bond acceptors (Lipinski definition) is 11. The minimum absolute atomic E-state index is 0.00751. The number of likely N-dealkylation sites (tertiary alicyclic amines) is 1. The molecule has 0 bridgehead atoms. The van der Waals surface area contributed by atoms with Crippen LogP contribution in [0.1, 0.15) is 121 Å².